The third kappa shape index (κ3) is 14.3. The van der Waals surface area contributed by atoms with E-state index in [1.165, 1.54) is 63.5 Å². The van der Waals surface area contributed by atoms with Crippen LogP contribution in [-0.2, 0) is 19.6 Å². The minimum absolute atomic E-state index is 0.0682. The number of rotatable bonds is 22. The lowest BCUT2D eigenvalue weighted by Crippen LogP contribution is -2.34. The molecule has 1 heterocycles. The summed E-state index contributed by atoms with van der Waals surface area (Å²) in [5.41, 5.74) is 3.81. The van der Waals surface area contributed by atoms with Gasteiger partial charge in [-0.05, 0) is 69.2 Å². The van der Waals surface area contributed by atoms with Gasteiger partial charge in [0.1, 0.15) is 12.0 Å². The lowest BCUT2D eigenvalue weighted by molar-refractivity contribution is -0.110. The number of aliphatic imine (C=N–C) groups is 1. The fourth-order valence-corrected chi connectivity index (χ4v) is 6.17. The molecule has 3 aromatic rings. The minimum atomic E-state index is -3.29. The maximum atomic E-state index is 13.9. The number of anilines is 2. The van der Waals surface area contributed by atoms with E-state index < -0.39 is 21.9 Å². The highest BCUT2D eigenvalue weighted by Crippen LogP contribution is 2.28. The number of aryl methyl sites for hydroxylation is 2. The molecule has 0 radical (unpaired) electrons. The van der Waals surface area contributed by atoms with E-state index in [0.29, 0.717) is 36.6 Å². The summed E-state index contributed by atoms with van der Waals surface area (Å²) in [6, 6.07) is 10.3. The molecule has 0 atom stereocenters. The van der Waals surface area contributed by atoms with Crippen molar-refractivity contribution < 1.29 is 22.7 Å². The summed E-state index contributed by atoms with van der Waals surface area (Å²) < 4.78 is 31.1. The topological polar surface area (TPSA) is 143 Å². The van der Waals surface area contributed by atoms with E-state index >= 15 is 0 Å². The van der Waals surface area contributed by atoms with Crippen molar-refractivity contribution in [3.05, 3.63) is 76.3 Å². The van der Waals surface area contributed by atoms with Gasteiger partial charge in [0.15, 0.2) is 0 Å². The number of unbranched alkanes of at least 4 members (excludes halogenated alkanes) is 9. The number of hydrogen-bond acceptors (Lipinski definition) is 9. The zero-order valence-electron chi connectivity index (χ0n) is 30.6. The van der Waals surface area contributed by atoms with Crippen molar-refractivity contribution in [2.24, 2.45) is 4.99 Å². The second-order valence-electron chi connectivity index (χ2n) is 12.7. The van der Waals surface area contributed by atoms with Crippen LogP contribution in [0.5, 0.6) is 0 Å². The SMILES string of the molecule is CCCCCCCCCCCCOC(=O)c1ccc(Cl)c(NC(=O)C(=Nc2ccc(N(CC)CCNS(C)(=O)=O)cc2C)c2cncnc2C)c1. The molecule has 3 rings (SSSR count). The number of carbonyl (C=O) groups is 2. The van der Waals surface area contributed by atoms with Crippen molar-refractivity contribution in [1.82, 2.24) is 14.7 Å². The molecule has 278 valence electrons. The van der Waals surface area contributed by atoms with E-state index in [1.54, 1.807) is 19.1 Å². The fourth-order valence-electron chi connectivity index (χ4n) is 5.54. The summed E-state index contributed by atoms with van der Waals surface area (Å²) in [4.78, 5) is 42.0. The lowest BCUT2D eigenvalue weighted by Gasteiger charge is -2.24. The van der Waals surface area contributed by atoms with Crippen molar-refractivity contribution in [2.45, 2.75) is 91.9 Å². The minimum Gasteiger partial charge on any atom is -0.462 e. The number of halogens is 1. The first-order valence-electron chi connectivity index (χ1n) is 17.9. The highest BCUT2D eigenvalue weighted by atomic mass is 35.5. The molecule has 0 aliphatic heterocycles. The Morgan fingerprint density at radius 2 is 1.63 bits per heavy atom. The standard InChI is InChI=1S/C38H53ClN6O5S/c1-6-8-9-10-11-12-13-14-15-16-23-50-38(47)30-17-19-33(39)35(25-30)44-37(46)36(32-26-40-27-41-29(32)4)43-34-20-18-31(24-28(34)3)45(7-2)22-21-42-51(5,48)49/h17-20,24-27,42H,6-16,21-23H2,1-5H3,(H,44,46). The smallest absolute Gasteiger partial charge is 0.338 e. The predicted octanol–water partition coefficient (Wildman–Crippen LogP) is 7.96. The molecule has 1 aromatic heterocycles. The second kappa shape index (κ2) is 21.5. The summed E-state index contributed by atoms with van der Waals surface area (Å²) in [5.74, 6) is -1.04. The Morgan fingerprint density at radius 1 is 0.941 bits per heavy atom. The maximum Gasteiger partial charge on any atom is 0.338 e. The van der Waals surface area contributed by atoms with Crippen LogP contribution >= 0.6 is 11.6 Å². The van der Waals surface area contributed by atoms with Gasteiger partial charge in [-0.1, -0.05) is 76.3 Å². The molecule has 0 unspecified atom stereocenters. The molecule has 0 saturated heterocycles. The predicted molar refractivity (Wildman–Crippen MR) is 207 cm³/mol. The highest BCUT2D eigenvalue weighted by Gasteiger charge is 2.21. The Balaban J connectivity index is 1.71. The summed E-state index contributed by atoms with van der Waals surface area (Å²) in [6.07, 6.45) is 16.0. The van der Waals surface area contributed by atoms with E-state index in [4.69, 9.17) is 21.3 Å². The molecule has 2 N–H and O–H groups in total. The molecule has 0 fully saturated rings. The van der Waals surface area contributed by atoms with Crippen molar-refractivity contribution in [3.8, 4) is 0 Å². The van der Waals surface area contributed by atoms with E-state index in [1.807, 2.05) is 36.9 Å². The van der Waals surface area contributed by atoms with Crippen LogP contribution in [0.1, 0.15) is 105 Å². The summed E-state index contributed by atoms with van der Waals surface area (Å²) in [5, 5.41) is 3.08. The number of benzene rings is 2. The molecule has 13 heteroatoms. The Labute approximate surface area is 308 Å². The monoisotopic (exact) mass is 740 g/mol. The molecule has 0 saturated carbocycles. The largest absolute Gasteiger partial charge is 0.462 e. The zero-order chi connectivity index (χ0) is 37.2. The Morgan fingerprint density at radius 3 is 2.25 bits per heavy atom. The number of nitrogens with zero attached hydrogens (tertiary/aromatic N) is 4. The molecule has 0 aliphatic carbocycles. The first-order valence-corrected chi connectivity index (χ1v) is 20.1. The molecule has 0 bridgehead atoms. The van der Waals surface area contributed by atoms with Gasteiger partial charge in [0.05, 0.1) is 40.5 Å². The van der Waals surface area contributed by atoms with Crippen LogP contribution in [0.3, 0.4) is 0 Å². The van der Waals surface area contributed by atoms with Gasteiger partial charge >= 0.3 is 5.97 Å². The van der Waals surface area contributed by atoms with E-state index in [-0.39, 0.29) is 28.5 Å². The van der Waals surface area contributed by atoms with Crippen LogP contribution in [0.15, 0.2) is 53.9 Å². The molecular formula is C38H53ClN6O5S. The summed E-state index contributed by atoms with van der Waals surface area (Å²) >= 11 is 6.48. The van der Waals surface area contributed by atoms with Crippen LogP contribution < -0.4 is 14.9 Å². The van der Waals surface area contributed by atoms with E-state index in [0.717, 1.165) is 36.8 Å². The third-order valence-electron chi connectivity index (χ3n) is 8.47. The van der Waals surface area contributed by atoms with Crippen molar-refractivity contribution in [2.75, 3.05) is 42.7 Å². The Bertz CT molecular complexity index is 1730. The lowest BCUT2D eigenvalue weighted by atomic mass is 10.1. The van der Waals surface area contributed by atoms with Crippen LogP contribution in [0.25, 0.3) is 0 Å². The van der Waals surface area contributed by atoms with Gasteiger partial charge in [0.2, 0.25) is 10.0 Å². The van der Waals surface area contributed by atoms with Crippen molar-refractivity contribution in [1.29, 1.82) is 0 Å². The molecular weight excluding hydrogens is 688 g/mol. The third-order valence-corrected chi connectivity index (χ3v) is 9.53. The average molecular weight is 741 g/mol. The van der Waals surface area contributed by atoms with Gasteiger partial charge in [-0.2, -0.15) is 0 Å². The van der Waals surface area contributed by atoms with Crippen LogP contribution in [0.4, 0.5) is 17.1 Å². The Hall–Kier alpha value is -3.87. The number of sulfonamides is 1. The number of esters is 1. The summed E-state index contributed by atoms with van der Waals surface area (Å²) in [7, 11) is -3.29. The number of carbonyl (C=O) groups excluding carboxylic acids is 2. The molecule has 2 aromatic carbocycles. The average Bonchev–Trinajstić information content (AvgIpc) is 3.09. The molecule has 1 amide bonds. The van der Waals surface area contributed by atoms with E-state index in [2.05, 4.69) is 26.9 Å². The molecule has 0 aliphatic rings. The Kier molecular flexibility index (Phi) is 17.5. The van der Waals surface area contributed by atoms with Crippen LogP contribution in [-0.4, -0.2) is 68.5 Å². The molecule has 0 spiro atoms. The van der Waals surface area contributed by atoms with Crippen molar-refractivity contribution in [3.63, 3.8) is 0 Å². The number of ether oxygens (including phenoxy) is 1. The quantitative estimate of drug-likeness (QED) is 0.0600. The molecule has 51 heavy (non-hydrogen) atoms. The van der Waals surface area contributed by atoms with Crippen LogP contribution in [0, 0.1) is 13.8 Å². The molecule has 11 nitrogen and oxygen atoms in total. The zero-order valence-corrected chi connectivity index (χ0v) is 32.2. The maximum absolute atomic E-state index is 13.9. The van der Waals surface area contributed by atoms with Gasteiger partial charge in [-0.15, -0.1) is 0 Å². The second-order valence-corrected chi connectivity index (χ2v) is 14.9. The highest BCUT2D eigenvalue weighted by molar-refractivity contribution is 7.88. The number of aromatic nitrogens is 2. The number of nitrogens with one attached hydrogen (secondary N) is 2. The number of amides is 1. The van der Waals surface area contributed by atoms with Gasteiger partial charge in [0.25, 0.3) is 5.91 Å². The number of likely N-dealkylation sites (N-methyl/N-ethyl adjacent to an activating group) is 1. The normalized spacial score (nSPS) is 11.8. The van der Waals surface area contributed by atoms with Gasteiger partial charge in [-0.25, -0.2) is 32.9 Å². The summed E-state index contributed by atoms with van der Waals surface area (Å²) in [6.45, 7) is 9.60. The van der Waals surface area contributed by atoms with Crippen LogP contribution in [0.2, 0.25) is 5.02 Å². The van der Waals surface area contributed by atoms with Gasteiger partial charge < -0.3 is 15.0 Å². The van der Waals surface area contributed by atoms with Gasteiger partial charge in [0, 0.05) is 37.1 Å². The first kappa shape index (κ1) is 41.5. The first-order chi connectivity index (χ1) is 24.4. The number of hydrogen-bond donors (Lipinski definition) is 2. The van der Waals surface area contributed by atoms with Crippen molar-refractivity contribution >= 4 is 56.3 Å². The van der Waals surface area contributed by atoms with E-state index in [9.17, 15) is 18.0 Å². The fraction of sp³-hybridized carbons (Fsp3) is 0.500. The van der Waals surface area contributed by atoms with Gasteiger partial charge in [-0.3, -0.25) is 4.79 Å².